The summed E-state index contributed by atoms with van der Waals surface area (Å²) < 4.78 is 0. The monoisotopic (exact) mass is 646 g/mol. The molecule has 0 amide bonds. The Labute approximate surface area is 295 Å². The molecule has 7 aromatic carbocycles. The molecule has 0 radical (unpaired) electrons. The summed E-state index contributed by atoms with van der Waals surface area (Å²) in [5.74, 6) is 0. The van der Waals surface area contributed by atoms with Crippen LogP contribution in [0.1, 0.15) is 49.7 Å². The van der Waals surface area contributed by atoms with Crippen molar-refractivity contribution in [1.29, 1.82) is 0 Å². The summed E-state index contributed by atoms with van der Waals surface area (Å²) in [6, 6.07) is 46.3. The van der Waals surface area contributed by atoms with Gasteiger partial charge in [-0.25, -0.2) is 0 Å². The number of rotatable bonds is 4. The SMILES string of the molecule is C=C1c2ccccc2-c2ccc(-c3c4ccc(N5CCCCC5)cc4c(-c4ccc5ccccc5c4)c4ccc(N5CCCCC5)cc34)cc21. The van der Waals surface area contributed by atoms with Gasteiger partial charge in [0.2, 0.25) is 0 Å². The molecular formula is C48H42N2. The van der Waals surface area contributed by atoms with E-state index in [1.165, 1.54) is 127 Å². The van der Waals surface area contributed by atoms with E-state index in [0.717, 1.165) is 31.8 Å². The fourth-order valence-electron chi connectivity index (χ4n) is 9.18. The molecular weight excluding hydrogens is 605 g/mol. The van der Waals surface area contributed by atoms with Gasteiger partial charge in [-0.1, -0.05) is 91.5 Å². The van der Waals surface area contributed by atoms with Crippen molar-refractivity contribution < 1.29 is 0 Å². The predicted molar refractivity (Wildman–Crippen MR) is 216 cm³/mol. The summed E-state index contributed by atoms with van der Waals surface area (Å²) in [6.45, 7) is 9.11. The van der Waals surface area contributed by atoms with Crippen molar-refractivity contribution in [3.05, 3.63) is 139 Å². The second-order valence-electron chi connectivity index (χ2n) is 14.7. The minimum atomic E-state index is 1.13. The standard InChI is InChI=1S/C48H42N2/c1-32-39-14-6-7-15-40(39)41-21-18-36(29-44(32)41)48-43-23-20-37(49-24-8-2-9-25-49)30-45(43)47(35-17-16-33-12-4-5-13-34(33)28-35)42-22-19-38(31-46(42)48)50-26-10-3-11-27-50/h4-7,12-23,28-31H,1-3,8-11,24-27H2. The maximum atomic E-state index is 4.60. The molecule has 2 heteroatoms. The number of benzene rings is 7. The van der Waals surface area contributed by atoms with Crippen molar-refractivity contribution in [2.75, 3.05) is 36.0 Å². The maximum absolute atomic E-state index is 4.60. The summed E-state index contributed by atoms with van der Waals surface area (Å²) in [5, 5.41) is 7.86. The van der Waals surface area contributed by atoms with Gasteiger partial charge in [-0.05, 0) is 157 Å². The molecule has 0 saturated carbocycles. The van der Waals surface area contributed by atoms with E-state index < -0.39 is 0 Å². The minimum Gasteiger partial charge on any atom is -0.372 e. The van der Waals surface area contributed by atoms with Crippen LogP contribution in [0.3, 0.4) is 0 Å². The summed E-state index contributed by atoms with van der Waals surface area (Å²) in [4.78, 5) is 5.21. The van der Waals surface area contributed by atoms with E-state index in [1.807, 2.05) is 0 Å². The highest BCUT2D eigenvalue weighted by atomic mass is 15.1. The van der Waals surface area contributed by atoms with Crippen LogP contribution in [-0.4, -0.2) is 26.2 Å². The second kappa shape index (κ2) is 11.9. The molecule has 0 spiro atoms. The summed E-state index contributed by atoms with van der Waals surface area (Å²) >= 11 is 0. The largest absolute Gasteiger partial charge is 0.372 e. The molecule has 7 aromatic rings. The van der Waals surface area contributed by atoms with Crippen molar-refractivity contribution in [2.24, 2.45) is 0 Å². The first-order valence-corrected chi connectivity index (χ1v) is 18.7. The molecule has 1 aliphatic carbocycles. The maximum Gasteiger partial charge on any atom is 0.0372 e. The Morgan fingerprint density at radius 1 is 0.380 bits per heavy atom. The van der Waals surface area contributed by atoms with E-state index in [2.05, 4.69) is 138 Å². The Bertz CT molecular complexity index is 2470. The first kappa shape index (κ1) is 29.6. The molecule has 0 unspecified atom stereocenters. The smallest absolute Gasteiger partial charge is 0.0372 e. The van der Waals surface area contributed by atoms with Gasteiger partial charge in [0, 0.05) is 37.6 Å². The van der Waals surface area contributed by atoms with Crippen molar-refractivity contribution in [1.82, 2.24) is 0 Å². The van der Waals surface area contributed by atoms with Crippen LogP contribution in [-0.2, 0) is 0 Å². The third-order valence-electron chi connectivity index (χ3n) is 11.7. The van der Waals surface area contributed by atoms with E-state index >= 15 is 0 Å². The van der Waals surface area contributed by atoms with E-state index in [4.69, 9.17) is 0 Å². The van der Waals surface area contributed by atoms with Gasteiger partial charge in [0.25, 0.3) is 0 Å². The van der Waals surface area contributed by atoms with Crippen LogP contribution in [0, 0.1) is 0 Å². The van der Waals surface area contributed by atoms with Crippen LogP contribution in [0.25, 0.3) is 71.3 Å². The van der Waals surface area contributed by atoms with Crippen LogP contribution >= 0.6 is 0 Å². The van der Waals surface area contributed by atoms with Crippen molar-refractivity contribution in [3.8, 4) is 33.4 Å². The Morgan fingerprint density at radius 3 is 1.54 bits per heavy atom. The van der Waals surface area contributed by atoms with E-state index in [-0.39, 0.29) is 0 Å². The van der Waals surface area contributed by atoms with Gasteiger partial charge in [0.1, 0.15) is 0 Å². The van der Waals surface area contributed by atoms with Crippen LogP contribution < -0.4 is 9.80 Å². The normalized spacial score (nSPS) is 16.0. The van der Waals surface area contributed by atoms with Gasteiger partial charge < -0.3 is 9.80 Å². The fraction of sp³-hybridized carbons (Fsp3) is 0.208. The fourth-order valence-corrected chi connectivity index (χ4v) is 9.18. The van der Waals surface area contributed by atoms with E-state index in [0.29, 0.717) is 0 Å². The van der Waals surface area contributed by atoms with Gasteiger partial charge in [0.15, 0.2) is 0 Å². The average Bonchev–Trinajstić information content (AvgIpc) is 3.47. The number of anilines is 2. The Hall–Kier alpha value is -5.34. The lowest BCUT2D eigenvalue weighted by Crippen LogP contribution is -2.29. The Kier molecular flexibility index (Phi) is 7.05. The van der Waals surface area contributed by atoms with Gasteiger partial charge in [-0.2, -0.15) is 0 Å². The number of fused-ring (bicyclic) bond motifs is 6. The molecule has 244 valence electrons. The molecule has 0 N–H and O–H groups in total. The van der Waals surface area contributed by atoms with Crippen LogP contribution in [0.5, 0.6) is 0 Å². The molecule has 2 fully saturated rings. The highest BCUT2D eigenvalue weighted by Gasteiger charge is 2.25. The molecule has 0 atom stereocenters. The quantitative estimate of drug-likeness (QED) is 0.176. The molecule has 2 nitrogen and oxygen atoms in total. The lowest BCUT2D eigenvalue weighted by molar-refractivity contribution is 0.578. The molecule has 2 saturated heterocycles. The predicted octanol–water partition coefficient (Wildman–Crippen LogP) is 12.5. The summed E-state index contributed by atoms with van der Waals surface area (Å²) in [6.07, 6.45) is 7.70. The molecule has 2 heterocycles. The highest BCUT2D eigenvalue weighted by Crippen LogP contribution is 2.49. The summed E-state index contributed by atoms with van der Waals surface area (Å²) in [5.41, 5.74) is 14.1. The van der Waals surface area contributed by atoms with Gasteiger partial charge in [0.05, 0.1) is 0 Å². The second-order valence-corrected chi connectivity index (χ2v) is 14.7. The molecule has 10 rings (SSSR count). The van der Waals surface area contributed by atoms with Crippen LogP contribution in [0.15, 0.2) is 128 Å². The lowest BCUT2D eigenvalue weighted by Gasteiger charge is -2.30. The van der Waals surface area contributed by atoms with Crippen LogP contribution in [0.2, 0.25) is 0 Å². The van der Waals surface area contributed by atoms with E-state index in [1.54, 1.807) is 0 Å². The lowest BCUT2D eigenvalue weighted by atomic mass is 9.84. The number of hydrogen-bond donors (Lipinski definition) is 0. The highest BCUT2D eigenvalue weighted by molar-refractivity contribution is 6.23. The number of piperidine rings is 2. The summed E-state index contributed by atoms with van der Waals surface area (Å²) in [7, 11) is 0. The third kappa shape index (κ3) is 4.76. The number of nitrogens with zero attached hydrogens (tertiary/aromatic N) is 2. The zero-order valence-electron chi connectivity index (χ0n) is 28.7. The number of hydrogen-bond acceptors (Lipinski definition) is 2. The van der Waals surface area contributed by atoms with Crippen LogP contribution in [0.4, 0.5) is 11.4 Å². The Balaban J connectivity index is 1.28. The topological polar surface area (TPSA) is 6.48 Å². The third-order valence-corrected chi connectivity index (χ3v) is 11.7. The van der Waals surface area contributed by atoms with E-state index in [9.17, 15) is 0 Å². The molecule has 3 aliphatic rings. The van der Waals surface area contributed by atoms with Gasteiger partial charge in [-0.15, -0.1) is 0 Å². The van der Waals surface area contributed by atoms with Crippen molar-refractivity contribution in [3.63, 3.8) is 0 Å². The minimum absolute atomic E-state index is 1.13. The molecule has 0 bridgehead atoms. The zero-order valence-corrected chi connectivity index (χ0v) is 28.7. The molecule has 2 aliphatic heterocycles. The van der Waals surface area contributed by atoms with Gasteiger partial charge in [-0.3, -0.25) is 0 Å². The van der Waals surface area contributed by atoms with Crippen molar-refractivity contribution >= 4 is 49.3 Å². The first-order chi connectivity index (χ1) is 24.7. The first-order valence-electron chi connectivity index (χ1n) is 18.7. The zero-order chi connectivity index (χ0) is 33.2. The molecule has 50 heavy (non-hydrogen) atoms. The average molecular weight is 647 g/mol. The Morgan fingerprint density at radius 2 is 0.900 bits per heavy atom. The molecule has 0 aromatic heterocycles. The van der Waals surface area contributed by atoms with Crippen molar-refractivity contribution in [2.45, 2.75) is 38.5 Å². The van der Waals surface area contributed by atoms with Gasteiger partial charge >= 0.3 is 0 Å².